The Morgan fingerprint density at radius 2 is 2.11 bits per heavy atom. The topological polar surface area (TPSA) is 62.3 Å². The van der Waals surface area contributed by atoms with Gasteiger partial charge < -0.3 is 15.4 Å². The van der Waals surface area contributed by atoms with Crippen LogP contribution in [0.15, 0.2) is 18.2 Å². The van der Waals surface area contributed by atoms with Crippen molar-refractivity contribution in [3.05, 3.63) is 23.8 Å². The van der Waals surface area contributed by atoms with Gasteiger partial charge in [0.15, 0.2) is 0 Å². The van der Waals surface area contributed by atoms with E-state index in [4.69, 9.17) is 15.7 Å². The van der Waals surface area contributed by atoms with Gasteiger partial charge in [0.1, 0.15) is 5.75 Å². The second-order valence-electron chi connectivity index (χ2n) is 4.59. The number of nitriles is 1. The van der Waals surface area contributed by atoms with Crippen LogP contribution in [0.25, 0.3) is 0 Å². The molecule has 0 radical (unpaired) electrons. The van der Waals surface area contributed by atoms with Gasteiger partial charge in [-0.15, -0.1) is 0 Å². The summed E-state index contributed by atoms with van der Waals surface area (Å²) in [5.74, 6) is 0.765. The van der Waals surface area contributed by atoms with E-state index in [1.165, 1.54) is 0 Å². The molecule has 4 nitrogen and oxygen atoms in total. The highest BCUT2D eigenvalue weighted by Gasteiger charge is 2.17. The molecule has 0 saturated heterocycles. The molecule has 1 aromatic rings. The van der Waals surface area contributed by atoms with E-state index in [0.29, 0.717) is 6.54 Å². The van der Waals surface area contributed by atoms with Crippen LogP contribution in [0.5, 0.6) is 5.75 Å². The molecule has 1 rings (SSSR count). The van der Waals surface area contributed by atoms with Crippen LogP contribution < -0.4 is 15.4 Å². The first-order chi connectivity index (χ1) is 8.51. The number of ether oxygens (including phenoxy) is 1. The maximum atomic E-state index is 8.88. The van der Waals surface area contributed by atoms with E-state index < -0.39 is 0 Å². The van der Waals surface area contributed by atoms with Crippen molar-refractivity contribution in [1.82, 2.24) is 0 Å². The maximum absolute atomic E-state index is 8.88. The van der Waals surface area contributed by atoms with Crippen LogP contribution in [0, 0.1) is 17.2 Å². The third-order valence-electron chi connectivity index (χ3n) is 2.90. The molecule has 2 N–H and O–H groups in total. The minimum Gasteiger partial charge on any atom is -0.496 e. The molecule has 0 aromatic heterocycles. The average molecular weight is 247 g/mol. The second kappa shape index (κ2) is 6.27. The molecule has 98 valence electrons. The van der Waals surface area contributed by atoms with Crippen LogP contribution in [0.2, 0.25) is 0 Å². The smallest absolute Gasteiger partial charge is 0.125 e. The number of nitrogens with two attached hydrogens (primary N) is 1. The van der Waals surface area contributed by atoms with E-state index in [-0.39, 0.29) is 12.0 Å². The first kappa shape index (κ1) is 14.3. The Balaban J connectivity index is 3.12. The molecule has 0 saturated carbocycles. The molecule has 0 aliphatic heterocycles. The monoisotopic (exact) mass is 247 g/mol. The number of rotatable bonds is 5. The van der Waals surface area contributed by atoms with E-state index >= 15 is 0 Å². The fourth-order valence-electron chi connectivity index (χ4n) is 2.05. The summed E-state index contributed by atoms with van der Waals surface area (Å²) in [4.78, 5) is 2.05. The van der Waals surface area contributed by atoms with Crippen LogP contribution in [-0.2, 0) is 0 Å². The lowest BCUT2D eigenvalue weighted by atomic mass is 10.0. The van der Waals surface area contributed by atoms with Gasteiger partial charge in [-0.25, -0.2) is 0 Å². The molecule has 0 aliphatic carbocycles. The number of methoxy groups -OCH3 is 1. The number of hydrogen-bond acceptors (Lipinski definition) is 4. The zero-order chi connectivity index (χ0) is 13.7. The molecule has 2 atom stereocenters. The molecule has 2 unspecified atom stereocenters. The van der Waals surface area contributed by atoms with Crippen LogP contribution >= 0.6 is 0 Å². The Hall–Kier alpha value is -1.73. The molecular weight excluding hydrogens is 226 g/mol. The lowest BCUT2D eigenvalue weighted by molar-refractivity contribution is 0.407. The van der Waals surface area contributed by atoms with Crippen LogP contribution in [0.3, 0.4) is 0 Å². The van der Waals surface area contributed by atoms with Crippen molar-refractivity contribution in [3.8, 4) is 11.8 Å². The lowest BCUT2D eigenvalue weighted by Gasteiger charge is -2.26. The summed E-state index contributed by atoms with van der Waals surface area (Å²) < 4.78 is 5.36. The predicted molar refractivity (Wildman–Crippen MR) is 73.6 cm³/mol. The van der Waals surface area contributed by atoms with Crippen molar-refractivity contribution in [3.63, 3.8) is 0 Å². The number of hydrogen-bond donors (Lipinski definition) is 1. The molecule has 0 aliphatic rings. The van der Waals surface area contributed by atoms with Gasteiger partial charge in [0.25, 0.3) is 0 Å². The van der Waals surface area contributed by atoms with E-state index in [0.717, 1.165) is 17.0 Å². The van der Waals surface area contributed by atoms with Gasteiger partial charge in [0.2, 0.25) is 0 Å². The Morgan fingerprint density at radius 3 is 2.61 bits per heavy atom. The number of benzene rings is 1. The van der Waals surface area contributed by atoms with E-state index in [1.807, 2.05) is 39.1 Å². The number of anilines is 1. The maximum Gasteiger partial charge on any atom is 0.125 e. The highest BCUT2D eigenvalue weighted by atomic mass is 16.5. The molecule has 4 heteroatoms. The minimum absolute atomic E-state index is 0.0258. The number of nitrogens with zero attached hydrogens (tertiary/aromatic N) is 2. The van der Waals surface area contributed by atoms with Crippen molar-refractivity contribution in [2.24, 2.45) is 11.7 Å². The highest BCUT2D eigenvalue weighted by molar-refractivity contribution is 5.60. The summed E-state index contributed by atoms with van der Waals surface area (Å²) in [6.07, 6.45) is 0. The first-order valence-electron chi connectivity index (χ1n) is 6.04. The van der Waals surface area contributed by atoms with E-state index in [1.54, 1.807) is 7.11 Å². The zero-order valence-electron chi connectivity index (χ0n) is 11.5. The Morgan fingerprint density at radius 1 is 1.44 bits per heavy atom. The molecular formula is C14H21N3O. The summed E-state index contributed by atoms with van der Waals surface area (Å²) in [5.41, 5.74) is 8.02. The van der Waals surface area contributed by atoms with Crippen molar-refractivity contribution >= 4 is 5.69 Å². The van der Waals surface area contributed by atoms with Crippen LogP contribution in [0.4, 0.5) is 5.69 Å². The van der Waals surface area contributed by atoms with Crippen LogP contribution in [-0.4, -0.2) is 20.7 Å². The second-order valence-corrected chi connectivity index (χ2v) is 4.59. The van der Waals surface area contributed by atoms with Gasteiger partial charge >= 0.3 is 0 Å². The standard InChI is InChI=1S/C14H21N3O/c1-10(8-15)9-17(3)12-6-5-7-13(18-4)14(12)11(2)16/h5-7,10-11H,9,16H2,1-4H3. The SMILES string of the molecule is COc1cccc(N(C)CC(C)C#N)c1C(C)N. The molecule has 0 heterocycles. The largest absolute Gasteiger partial charge is 0.496 e. The third-order valence-corrected chi connectivity index (χ3v) is 2.90. The zero-order valence-corrected chi connectivity index (χ0v) is 11.5. The molecule has 0 spiro atoms. The molecule has 0 fully saturated rings. The van der Waals surface area contributed by atoms with Crippen LogP contribution in [0.1, 0.15) is 25.5 Å². The summed E-state index contributed by atoms with van der Waals surface area (Å²) in [5, 5.41) is 8.88. The molecule has 18 heavy (non-hydrogen) atoms. The average Bonchev–Trinajstić information content (AvgIpc) is 2.37. The first-order valence-corrected chi connectivity index (χ1v) is 6.04. The Bertz CT molecular complexity index is 437. The van der Waals surface area contributed by atoms with Gasteiger partial charge in [0, 0.05) is 30.9 Å². The quantitative estimate of drug-likeness (QED) is 0.867. The van der Waals surface area contributed by atoms with Crippen molar-refractivity contribution in [1.29, 1.82) is 5.26 Å². The Kier molecular flexibility index (Phi) is 4.99. The predicted octanol–water partition coefficient (Wildman–Crippen LogP) is 2.31. The minimum atomic E-state index is -0.115. The highest BCUT2D eigenvalue weighted by Crippen LogP contribution is 2.33. The Labute approximate surface area is 109 Å². The lowest BCUT2D eigenvalue weighted by Crippen LogP contribution is -2.25. The molecule has 1 aromatic carbocycles. The van der Waals surface area contributed by atoms with Crippen molar-refractivity contribution in [2.75, 3.05) is 25.6 Å². The fraction of sp³-hybridized carbons (Fsp3) is 0.500. The van der Waals surface area contributed by atoms with Gasteiger partial charge in [-0.05, 0) is 26.0 Å². The van der Waals surface area contributed by atoms with Gasteiger partial charge in [0.05, 0.1) is 19.1 Å². The van der Waals surface area contributed by atoms with Crippen molar-refractivity contribution in [2.45, 2.75) is 19.9 Å². The fourth-order valence-corrected chi connectivity index (χ4v) is 2.05. The molecule has 0 amide bonds. The van der Waals surface area contributed by atoms with Gasteiger partial charge in [-0.3, -0.25) is 0 Å². The van der Waals surface area contributed by atoms with E-state index in [2.05, 4.69) is 11.0 Å². The normalized spacial score (nSPS) is 13.6. The summed E-state index contributed by atoms with van der Waals surface area (Å²) in [6.45, 7) is 4.51. The molecule has 0 bridgehead atoms. The summed E-state index contributed by atoms with van der Waals surface area (Å²) in [6, 6.07) is 7.97. The van der Waals surface area contributed by atoms with Gasteiger partial charge in [-0.2, -0.15) is 5.26 Å². The summed E-state index contributed by atoms with van der Waals surface area (Å²) >= 11 is 0. The van der Waals surface area contributed by atoms with Gasteiger partial charge in [-0.1, -0.05) is 6.07 Å². The van der Waals surface area contributed by atoms with E-state index in [9.17, 15) is 0 Å². The van der Waals surface area contributed by atoms with Crippen molar-refractivity contribution < 1.29 is 4.74 Å². The third kappa shape index (κ3) is 3.14. The summed E-state index contributed by atoms with van der Waals surface area (Å²) in [7, 11) is 3.61.